The topological polar surface area (TPSA) is 41.6 Å². The molecular formula is C20H24F2N2O2S. The maximum Gasteiger partial charge on any atom is 0.387 e. The molecule has 1 fully saturated rings. The van der Waals surface area contributed by atoms with E-state index in [1.807, 2.05) is 12.1 Å². The number of nitrogens with one attached hydrogen (secondary N) is 1. The Balaban J connectivity index is 1.51. The molecule has 27 heavy (non-hydrogen) atoms. The second-order valence-electron chi connectivity index (χ2n) is 6.97. The van der Waals surface area contributed by atoms with E-state index >= 15 is 0 Å². The van der Waals surface area contributed by atoms with Gasteiger partial charge in [0.2, 0.25) is 0 Å². The number of piperidine rings is 1. The van der Waals surface area contributed by atoms with Crippen LogP contribution in [0.5, 0.6) is 5.75 Å². The van der Waals surface area contributed by atoms with E-state index in [4.69, 9.17) is 0 Å². The molecule has 2 aromatic rings. The number of amides is 1. The minimum atomic E-state index is -2.94. The van der Waals surface area contributed by atoms with Crippen molar-refractivity contribution in [3.63, 3.8) is 0 Å². The van der Waals surface area contributed by atoms with Crippen molar-refractivity contribution in [1.82, 2.24) is 10.2 Å². The van der Waals surface area contributed by atoms with Crippen LogP contribution in [0.15, 0.2) is 35.7 Å². The summed E-state index contributed by atoms with van der Waals surface area (Å²) >= 11 is 1.08. The summed E-state index contributed by atoms with van der Waals surface area (Å²) in [6.07, 6.45) is 2.56. The highest BCUT2D eigenvalue weighted by atomic mass is 32.1. The Morgan fingerprint density at radius 2 is 2.04 bits per heavy atom. The van der Waals surface area contributed by atoms with Crippen LogP contribution in [0.25, 0.3) is 0 Å². The molecule has 2 heterocycles. The minimum Gasteiger partial charge on any atom is -0.433 e. The van der Waals surface area contributed by atoms with Gasteiger partial charge in [-0.25, -0.2) is 0 Å². The number of rotatable bonds is 7. The summed E-state index contributed by atoms with van der Waals surface area (Å²) in [7, 11) is 0. The molecule has 1 unspecified atom stereocenters. The summed E-state index contributed by atoms with van der Waals surface area (Å²) in [5.74, 6) is 0.259. The SMILES string of the molecule is CC1CCCN(Cc2ccc(CNC(=O)c3sccc3OC(F)F)cc2)C1. The zero-order valence-electron chi connectivity index (χ0n) is 15.3. The highest BCUT2D eigenvalue weighted by Gasteiger charge is 2.18. The average Bonchev–Trinajstić information content (AvgIpc) is 3.08. The van der Waals surface area contributed by atoms with E-state index in [1.54, 1.807) is 5.38 Å². The Morgan fingerprint density at radius 1 is 1.30 bits per heavy atom. The first-order chi connectivity index (χ1) is 13.0. The number of thiophene rings is 1. The van der Waals surface area contributed by atoms with Crippen LogP contribution >= 0.6 is 11.3 Å². The number of carbonyl (C=O) groups is 1. The van der Waals surface area contributed by atoms with Crippen LogP contribution in [0.1, 0.15) is 40.6 Å². The average molecular weight is 394 g/mol. The van der Waals surface area contributed by atoms with E-state index in [0.717, 1.165) is 42.5 Å². The Morgan fingerprint density at radius 3 is 2.74 bits per heavy atom. The summed E-state index contributed by atoms with van der Waals surface area (Å²) in [6, 6.07) is 9.53. The number of halogens is 2. The number of carbonyl (C=O) groups excluding carboxylic acids is 1. The smallest absolute Gasteiger partial charge is 0.387 e. The standard InChI is InChI=1S/C20H24F2N2O2S/c1-14-3-2-9-24(12-14)13-16-6-4-15(5-7-16)11-23-19(25)18-17(8-10-27-18)26-20(21)22/h4-8,10,14,20H,2-3,9,11-13H2,1H3,(H,23,25). The molecule has 0 saturated carbocycles. The summed E-state index contributed by atoms with van der Waals surface area (Å²) in [5.41, 5.74) is 2.22. The Hall–Kier alpha value is -1.99. The number of hydrogen-bond donors (Lipinski definition) is 1. The van der Waals surface area contributed by atoms with Crippen LogP contribution in [0.4, 0.5) is 8.78 Å². The van der Waals surface area contributed by atoms with E-state index in [1.165, 1.54) is 24.5 Å². The number of benzene rings is 1. The van der Waals surface area contributed by atoms with Crippen molar-refractivity contribution in [1.29, 1.82) is 0 Å². The van der Waals surface area contributed by atoms with Crippen molar-refractivity contribution in [2.45, 2.75) is 39.5 Å². The van der Waals surface area contributed by atoms with Gasteiger partial charge in [0.05, 0.1) is 0 Å². The number of likely N-dealkylation sites (tertiary alicyclic amines) is 1. The van der Waals surface area contributed by atoms with Gasteiger partial charge in [-0.3, -0.25) is 9.69 Å². The fourth-order valence-electron chi connectivity index (χ4n) is 3.37. The van der Waals surface area contributed by atoms with Crippen molar-refractivity contribution in [2.75, 3.05) is 13.1 Å². The second kappa shape index (κ2) is 9.28. The molecule has 0 bridgehead atoms. The second-order valence-corrected chi connectivity index (χ2v) is 7.89. The molecule has 1 amide bonds. The van der Waals surface area contributed by atoms with Gasteiger partial charge in [-0.1, -0.05) is 31.2 Å². The van der Waals surface area contributed by atoms with E-state index in [0.29, 0.717) is 6.54 Å². The van der Waals surface area contributed by atoms with Crippen LogP contribution in [0, 0.1) is 5.92 Å². The first-order valence-corrected chi connectivity index (χ1v) is 10.00. The number of alkyl halides is 2. The third-order valence-corrected chi connectivity index (χ3v) is 5.57. The summed E-state index contributed by atoms with van der Waals surface area (Å²) in [4.78, 5) is 14.8. The number of nitrogens with zero attached hydrogens (tertiary/aromatic N) is 1. The molecular weight excluding hydrogens is 370 g/mol. The van der Waals surface area contributed by atoms with Gasteiger partial charge in [-0.15, -0.1) is 11.3 Å². The van der Waals surface area contributed by atoms with Gasteiger partial charge in [0.15, 0.2) is 0 Å². The number of hydrogen-bond acceptors (Lipinski definition) is 4. The normalized spacial score (nSPS) is 17.9. The first kappa shape index (κ1) is 19.8. The molecule has 1 atom stereocenters. The van der Waals surface area contributed by atoms with Gasteiger partial charge in [0.25, 0.3) is 5.91 Å². The van der Waals surface area contributed by atoms with Gasteiger partial charge >= 0.3 is 6.61 Å². The lowest BCUT2D eigenvalue weighted by atomic mass is 9.99. The van der Waals surface area contributed by atoms with Crippen molar-refractivity contribution in [3.8, 4) is 5.75 Å². The van der Waals surface area contributed by atoms with E-state index < -0.39 is 12.5 Å². The van der Waals surface area contributed by atoms with Crippen molar-refractivity contribution in [2.24, 2.45) is 5.92 Å². The molecule has 0 aliphatic carbocycles. The van der Waals surface area contributed by atoms with Crippen molar-refractivity contribution >= 4 is 17.2 Å². The summed E-state index contributed by atoms with van der Waals surface area (Å²) in [5, 5.41) is 4.32. The predicted octanol–water partition coefficient (Wildman–Crippen LogP) is 4.51. The van der Waals surface area contributed by atoms with Crippen molar-refractivity contribution < 1.29 is 18.3 Å². The fourth-order valence-corrected chi connectivity index (χ4v) is 4.10. The third-order valence-electron chi connectivity index (χ3n) is 4.67. The van der Waals surface area contributed by atoms with Crippen LogP contribution < -0.4 is 10.1 Å². The molecule has 1 saturated heterocycles. The summed E-state index contributed by atoms with van der Waals surface area (Å²) < 4.78 is 29.1. The van der Waals surface area contributed by atoms with Crippen LogP contribution in [0.2, 0.25) is 0 Å². The van der Waals surface area contributed by atoms with Crippen LogP contribution in [-0.4, -0.2) is 30.5 Å². The third kappa shape index (κ3) is 5.74. The molecule has 1 aliphatic rings. The zero-order chi connectivity index (χ0) is 19.2. The predicted molar refractivity (Wildman–Crippen MR) is 102 cm³/mol. The maximum absolute atomic E-state index is 12.4. The van der Waals surface area contributed by atoms with Gasteiger partial charge < -0.3 is 10.1 Å². The Kier molecular flexibility index (Phi) is 6.79. The van der Waals surface area contributed by atoms with Gasteiger partial charge in [0.1, 0.15) is 10.6 Å². The summed E-state index contributed by atoms with van der Waals surface area (Å²) in [6.45, 7) is 2.92. The molecule has 1 N–H and O–H groups in total. The van der Waals surface area contributed by atoms with Gasteiger partial charge in [0, 0.05) is 19.6 Å². The molecule has 1 aliphatic heterocycles. The molecule has 3 rings (SSSR count). The molecule has 1 aromatic carbocycles. The fraction of sp³-hybridized carbons (Fsp3) is 0.450. The molecule has 146 valence electrons. The Labute approximate surface area is 162 Å². The lowest BCUT2D eigenvalue weighted by Crippen LogP contribution is -2.33. The van der Waals surface area contributed by atoms with E-state index in [9.17, 15) is 13.6 Å². The van der Waals surface area contributed by atoms with E-state index in [2.05, 4.69) is 34.0 Å². The first-order valence-electron chi connectivity index (χ1n) is 9.12. The lowest BCUT2D eigenvalue weighted by Gasteiger charge is -2.30. The number of ether oxygens (including phenoxy) is 1. The molecule has 1 aromatic heterocycles. The zero-order valence-corrected chi connectivity index (χ0v) is 16.1. The van der Waals surface area contributed by atoms with Gasteiger partial charge in [-0.05, 0) is 47.9 Å². The quantitative estimate of drug-likeness (QED) is 0.751. The van der Waals surface area contributed by atoms with Crippen LogP contribution in [0.3, 0.4) is 0 Å². The minimum absolute atomic E-state index is 0.0846. The molecule has 0 spiro atoms. The lowest BCUT2D eigenvalue weighted by molar-refractivity contribution is -0.0498. The van der Waals surface area contributed by atoms with Crippen molar-refractivity contribution in [3.05, 3.63) is 51.7 Å². The molecule has 4 nitrogen and oxygen atoms in total. The van der Waals surface area contributed by atoms with Crippen LogP contribution in [-0.2, 0) is 13.1 Å². The monoisotopic (exact) mass is 394 g/mol. The molecule has 0 radical (unpaired) electrons. The largest absolute Gasteiger partial charge is 0.433 e. The highest BCUT2D eigenvalue weighted by molar-refractivity contribution is 7.12. The van der Waals surface area contributed by atoms with Gasteiger partial charge in [-0.2, -0.15) is 8.78 Å². The maximum atomic E-state index is 12.4. The van der Waals surface area contributed by atoms with E-state index in [-0.39, 0.29) is 10.6 Å². The highest BCUT2D eigenvalue weighted by Crippen LogP contribution is 2.26. The molecule has 7 heteroatoms. The Bertz CT molecular complexity index is 749.